The maximum atomic E-state index is 13.1. The molecule has 5 atom stereocenters. The highest BCUT2D eigenvalue weighted by Crippen LogP contribution is 2.70. The first-order valence-electron chi connectivity index (χ1n) is 7.80. The lowest BCUT2D eigenvalue weighted by molar-refractivity contribution is 0.376. The number of hydrogen-bond acceptors (Lipinski definition) is 1. The van der Waals surface area contributed by atoms with Gasteiger partial charge in [0.05, 0.1) is 0 Å². The fourth-order valence-corrected chi connectivity index (χ4v) is 5.53. The van der Waals surface area contributed by atoms with Crippen molar-refractivity contribution in [2.24, 2.45) is 29.6 Å². The van der Waals surface area contributed by atoms with Crippen LogP contribution in [0.4, 0.5) is 4.39 Å². The minimum Gasteiger partial charge on any atom is -0.316 e. The smallest absolute Gasteiger partial charge is 0.124 e. The first kappa shape index (κ1) is 13.1. The van der Waals surface area contributed by atoms with Gasteiger partial charge >= 0.3 is 0 Å². The van der Waals surface area contributed by atoms with Crippen LogP contribution in [0.15, 0.2) is 18.2 Å². The molecule has 1 N–H and O–H groups in total. The van der Waals surface area contributed by atoms with Crippen molar-refractivity contribution in [3.05, 3.63) is 34.6 Å². The zero-order valence-electron chi connectivity index (χ0n) is 11.8. The van der Waals surface area contributed by atoms with Crippen LogP contribution in [0.5, 0.6) is 0 Å². The molecule has 108 valence electrons. The molecule has 20 heavy (non-hydrogen) atoms. The van der Waals surface area contributed by atoms with Crippen LogP contribution in [0.3, 0.4) is 0 Å². The second kappa shape index (κ2) is 4.71. The average molecular weight is 294 g/mol. The largest absolute Gasteiger partial charge is 0.316 e. The molecule has 0 aromatic heterocycles. The van der Waals surface area contributed by atoms with Crippen molar-refractivity contribution in [2.45, 2.75) is 31.7 Å². The Hall–Kier alpha value is -0.600. The van der Waals surface area contributed by atoms with Gasteiger partial charge in [0.25, 0.3) is 0 Å². The van der Waals surface area contributed by atoms with E-state index >= 15 is 0 Å². The van der Waals surface area contributed by atoms with Crippen molar-refractivity contribution < 1.29 is 4.39 Å². The van der Waals surface area contributed by atoms with Gasteiger partial charge in [0.15, 0.2) is 0 Å². The van der Waals surface area contributed by atoms with Crippen LogP contribution in [0.25, 0.3) is 0 Å². The minimum atomic E-state index is -0.249. The lowest BCUT2D eigenvalue weighted by Crippen LogP contribution is -2.32. The lowest BCUT2D eigenvalue weighted by Gasteiger charge is -2.20. The Bertz CT molecular complexity index is 516. The lowest BCUT2D eigenvalue weighted by atomic mass is 9.93. The number of benzene rings is 1. The highest BCUT2D eigenvalue weighted by molar-refractivity contribution is 6.31. The van der Waals surface area contributed by atoms with E-state index in [9.17, 15) is 4.39 Å². The first-order chi connectivity index (χ1) is 9.69. The highest BCUT2D eigenvalue weighted by atomic mass is 35.5. The second-order valence-electron chi connectivity index (χ2n) is 6.90. The molecule has 3 aliphatic rings. The summed E-state index contributed by atoms with van der Waals surface area (Å²) < 4.78 is 13.1. The van der Waals surface area contributed by atoms with Crippen LogP contribution in [0.1, 0.15) is 24.8 Å². The van der Waals surface area contributed by atoms with Crippen LogP contribution in [-0.4, -0.2) is 13.1 Å². The fourth-order valence-electron chi connectivity index (χ4n) is 5.29. The molecule has 0 saturated heterocycles. The summed E-state index contributed by atoms with van der Waals surface area (Å²) in [5, 5.41) is 4.07. The Kier molecular flexibility index (Phi) is 3.08. The van der Waals surface area contributed by atoms with Crippen molar-refractivity contribution in [2.75, 3.05) is 7.05 Å². The molecule has 3 fully saturated rings. The highest BCUT2D eigenvalue weighted by Gasteiger charge is 2.66. The van der Waals surface area contributed by atoms with E-state index in [4.69, 9.17) is 11.6 Å². The molecule has 3 aliphatic carbocycles. The van der Waals surface area contributed by atoms with Crippen LogP contribution >= 0.6 is 11.6 Å². The molecular formula is C17H21ClFN. The predicted octanol–water partition coefficient (Wildman–Crippen LogP) is 3.90. The molecule has 1 nitrogen and oxygen atoms in total. The van der Waals surface area contributed by atoms with Crippen molar-refractivity contribution in [3.8, 4) is 0 Å². The molecule has 5 unspecified atom stereocenters. The van der Waals surface area contributed by atoms with E-state index in [0.29, 0.717) is 11.1 Å². The number of rotatable bonds is 4. The average Bonchev–Trinajstić information content (AvgIpc) is 2.86. The molecule has 2 bridgehead atoms. The van der Waals surface area contributed by atoms with Crippen LogP contribution in [-0.2, 0) is 6.42 Å². The van der Waals surface area contributed by atoms with Gasteiger partial charge in [-0.2, -0.15) is 0 Å². The molecule has 0 aliphatic heterocycles. The van der Waals surface area contributed by atoms with Crippen molar-refractivity contribution in [1.29, 1.82) is 0 Å². The summed E-state index contributed by atoms with van der Waals surface area (Å²) in [4.78, 5) is 0. The zero-order valence-corrected chi connectivity index (χ0v) is 12.5. The van der Waals surface area contributed by atoms with E-state index in [0.717, 1.165) is 41.6 Å². The Labute approximate surface area is 124 Å². The SMILES string of the molecule is CNC(Cc1ccc(F)cc1Cl)C1C2C3CCC(C3)C21. The molecule has 0 radical (unpaired) electrons. The molecule has 0 amide bonds. The third-order valence-electron chi connectivity index (χ3n) is 6.09. The third kappa shape index (κ3) is 1.92. The van der Waals surface area contributed by atoms with Gasteiger partial charge in [-0.25, -0.2) is 4.39 Å². The van der Waals surface area contributed by atoms with Gasteiger partial charge in [-0.05, 0) is 80.0 Å². The van der Waals surface area contributed by atoms with Crippen LogP contribution < -0.4 is 5.32 Å². The third-order valence-corrected chi connectivity index (χ3v) is 6.44. The van der Waals surface area contributed by atoms with E-state index in [2.05, 4.69) is 12.4 Å². The molecule has 0 spiro atoms. The Morgan fingerprint density at radius 3 is 2.60 bits per heavy atom. The van der Waals surface area contributed by atoms with Gasteiger partial charge in [0.2, 0.25) is 0 Å². The number of likely N-dealkylation sites (N-methyl/N-ethyl adjacent to an activating group) is 1. The Morgan fingerprint density at radius 1 is 1.30 bits per heavy atom. The minimum absolute atomic E-state index is 0.249. The molecule has 3 heteroatoms. The van der Waals surface area contributed by atoms with E-state index in [-0.39, 0.29) is 5.82 Å². The molecule has 0 heterocycles. The molecule has 4 rings (SSSR count). The first-order valence-corrected chi connectivity index (χ1v) is 8.18. The van der Waals surface area contributed by atoms with E-state index < -0.39 is 0 Å². The standard InChI is InChI=1S/C17H21ClFN/c1-20-14(7-9-4-5-12(19)8-13(9)18)17-15-10-2-3-11(6-10)16(15)17/h4-5,8,10-11,14-17,20H,2-3,6-7H2,1H3. The summed E-state index contributed by atoms with van der Waals surface area (Å²) in [6, 6.07) is 5.29. The van der Waals surface area contributed by atoms with Gasteiger partial charge in [-0.15, -0.1) is 0 Å². The zero-order chi connectivity index (χ0) is 13.9. The van der Waals surface area contributed by atoms with Crippen molar-refractivity contribution >= 4 is 11.6 Å². The van der Waals surface area contributed by atoms with Crippen LogP contribution in [0.2, 0.25) is 5.02 Å². The van der Waals surface area contributed by atoms with Gasteiger partial charge in [-0.1, -0.05) is 17.7 Å². The van der Waals surface area contributed by atoms with Crippen molar-refractivity contribution in [1.82, 2.24) is 5.32 Å². The van der Waals surface area contributed by atoms with E-state index in [1.54, 1.807) is 0 Å². The van der Waals surface area contributed by atoms with Gasteiger partial charge in [0, 0.05) is 11.1 Å². The van der Waals surface area contributed by atoms with Gasteiger partial charge < -0.3 is 5.32 Å². The summed E-state index contributed by atoms with van der Waals surface area (Å²) in [5.41, 5.74) is 1.07. The van der Waals surface area contributed by atoms with Crippen molar-refractivity contribution in [3.63, 3.8) is 0 Å². The van der Waals surface area contributed by atoms with E-state index in [1.165, 1.54) is 31.4 Å². The molecule has 1 aromatic rings. The maximum Gasteiger partial charge on any atom is 0.124 e. The van der Waals surface area contributed by atoms with E-state index in [1.807, 2.05) is 6.07 Å². The van der Waals surface area contributed by atoms with Gasteiger partial charge in [-0.3, -0.25) is 0 Å². The summed E-state index contributed by atoms with van der Waals surface area (Å²) in [7, 11) is 2.05. The molecular weight excluding hydrogens is 273 g/mol. The van der Waals surface area contributed by atoms with Crippen LogP contribution in [0, 0.1) is 35.4 Å². The molecule has 3 saturated carbocycles. The number of nitrogens with one attached hydrogen (secondary N) is 1. The Balaban J connectivity index is 1.50. The fraction of sp³-hybridized carbons (Fsp3) is 0.647. The summed E-state index contributed by atoms with van der Waals surface area (Å²) in [6.45, 7) is 0. The second-order valence-corrected chi connectivity index (χ2v) is 7.31. The summed E-state index contributed by atoms with van der Waals surface area (Å²) in [5.74, 6) is 4.49. The monoisotopic (exact) mass is 293 g/mol. The molecule has 1 aromatic carbocycles. The Morgan fingerprint density at radius 2 is 2.00 bits per heavy atom. The summed E-state index contributed by atoms with van der Waals surface area (Å²) in [6.07, 6.45) is 5.32. The summed E-state index contributed by atoms with van der Waals surface area (Å²) >= 11 is 6.18. The predicted molar refractivity (Wildman–Crippen MR) is 79.3 cm³/mol. The number of halogens is 2. The topological polar surface area (TPSA) is 12.0 Å². The van der Waals surface area contributed by atoms with Gasteiger partial charge in [0.1, 0.15) is 5.82 Å². The maximum absolute atomic E-state index is 13.1. The normalized spacial score (nSPS) is 38.9. The number of fused-ring (bicyclic) bond motifs is 5. The number of hydrogen-bond donors (Lipinski definition) is 1. The quantitative estimate of drug-likeness (QED) is 0.888.